The van der Waals surface area contributed by atoms with Gasteiger partial charge in [-0.15, -0.1) is 0 Å². The van der Waals surface area contributed by atoms with Crippen LogP contribution in [0.5, 0.6) is 5.75 Å². The lowest BCUT2D eigenvalue weighted by molar-refractivity contribution is 0.0993. The first-order valence-corrected chi connectivity index (χ1v) is 10.3. The molecule has 1 fully saturated rings. The lowest BCUT2D eigenvalue weighted by atomic mass is 9.88. The van der Waals surface area contributed by atoms with E-state index in [-0.39, 0.29) is 0 Å². The highest BCUT2D eigenvalue weighted by Gasteiger charge is 2.22. The molecule has 1 aliphatic heterocycles. The number of rotatable bonds is 6. The number of amides is 1. The van der Waals surface area contributed by atoms with Crippen molar-refractivity contribution >= 4 is 16.8 Å². The molecule has 0 radical (unpaired) electrons. The maximum atomic E-state index is 11.9. The number of phenolic OH excluding ortho intramolecular Hbond substituents is 1. The molecule has 6 nitrogen and oxygen atoms in total. The van der Waals surface area contributed by atoms with Gasteiger partial charge < -0.3 is 15.7 Å². The van der Waals surface area contributed by atoms with E-state index in [1.54, 1.807) is 23.9 Å². The van der Waals surface area contributed by atoms with E-state index >= 15 is 0 Å². The van der Waals surface area contributed by atoms with Gasteiger partial charge in [0.15, 0.2) is 0 Å². The van der Waals surface area contributed by atoms with E-state index in [4.69, 9.17) is 5.73 Å². The van der Waals surface area contributed by atoms with Gasteiger partial charge in [0.05, 0.1) is 5.52 Å². The molecule has 0 spiro atoms. The zero-order chi connectivity index (χ0) is 20.4. The minimum absolute atomic E-state index is 0.317. The molecule has 0 aliphatic carbocycles. The third kappa shape index (κ3) is 4.27. The Morgan fingerprint density at radius 2 is 1.90 bits per heavy atom. The molecule has 0 saturated carbocycles. The van der Waals surface area contributed by atoms with Gasteiger partial charge >= 0.3 is 0 Å². The number of likely N-dealkylation sites (tertiary alicyclic amines) is 1. The van der Waals surface area contributed by atoms with E-state index in [2.05, 4.69) is 16.1 Å². The molecule has 1 aromatic heterocycles. The molecule has 2 aromatic carbocycles. The molecule has 1 saturated heterocycles. The first-order valence-electron chi connectivity index (χ1n) is 10.3. The van der Waals surface area contributed by atoms with Crippen LogP contribution in [-0.4, -0.2) is 45.3 Å². The van der Waals surface area contributed by atoms with Crippen molar-refractivity contribution in [2.75, 3.05) is 19.6 Å². The van der Waals surface area contributed by atoms with Crippen LogP contribution in [0.3, 0.4) is 0 Å². The maximum absolute atomic E-state index is 11.9. The average Bonchev–Trinajstić information content (AvgIpc) is 3.06. The Morgan fingerprint density at radius 3 is 2.59 bits per heavy atom. The molecule has 6 heteroatoms. The Morgan fingerprint density at radius 1 is 1.17 bits per heavy atom. The quantitative estimate of drug-likeness (QED) is 0.676. The van der Waals surface area contributed by atoms with Crippen molar-refractivity contribution in [1.29, 1.82) is 0 Å². The first kappa shape index (κ1) is 19.5. The molecule has 152 valence electrons. The van der Waals surface area contributed by atoms with E-state index in [1.807, 2.05) is 24.3 Å². The predicted molar refractivity (Wildman–Crippen MR) is 114 cm³/mol. The molecule has 29 heavy (non-hydrogen) atoms. The summed E-state index contributed by atoms with van der Waals surface area (Å²) < 4.78 is 1.60. The van der Waals surface area contributed by atoms with Crippen LogP contribution in [0.25, 0.3) is 10.9 Å². The fraction of sp³-hybridized carbons (Fsp3) is 0.391. The zero-order valence-corrected chi connectivity index (χ0v) is 16.8. The monoisotopic (exact) mass is 392 g/mol. The van der Waals surface area contributed by atoms with Crippen molar-refractivity contribution in [3.8, 4) is 5.75 Å². The SMILES string of the molecule is Cn1nc2cccc(CC3CCN(CCc4ccc(O)cc4)CC3)c2c1C(N)=O. The average molecular weight is 393 g/mol. The number of fused-ring (bicyclic) bond motifs is 1. The number of carbonyl (C=O) groups excluding carboxylic acids is 1. The Labute approximate surface area is 170 Å². The number of aromatic hydroxyl groups is 1. The van der Waals surface area contributed by atoms with Gasteiger partial charge in [-0.3, -0.25) is 9.48 Å². The second kappa shape index (κ2) is 8.25. The molecule has 3 aromatic rings. The van der Waals surface area contributed by atoms with Crippen LogP contribution in [0.15, 0.2) is 42.5 Å². The van der Waals surface area contributed by atoms with Crippen LogP contribution in [0, 0.1) is 5.92 Å². The molecular formula is C23H28N4O2. The van der Waals surface area contributed by atoms with Crippen molar-refractivity contribution < 1.29 is 9.90 Å². The predicted octanol–water partition coefficient (Wildman–Crippen LogP) is 2.88. The van der Waals surface area contributed by atoms with Gasteiger partial charge in [0.1, 0.15) is 11.4 Å². The number of benzene rings is 2. The van der Waals surface area contributed by atoms with Crippen LogP contribution in [-0.2, 0) is 19.9 Å². The summed E-state index contributed by atoms with van der Waals surface area (Å²) in [5, 5.41) is 14.8. The highest BCUT2D eigenvalue weighted by Crippen LogP contribution is 2.28. The molecular weight excluding hydrogens is 364 g/mol. The van der Waals surface area contributed by atoms with Crippen LogP contribution in [0.2, 0.25) is 0 Å². The summed E-state index contributed by atoms with van der Waals surface area (Å²) >= 11 is 0. The fourth-order valence-corrected chi connectivity index (χ4v) is 4.44. The molecule has 1 aliphatic rings. The van der Waals surface area contributed by atoms with E-state index in [9.17, 15) is 9.90 Å². The normalized spacial score (nSPS) is 15.8. The first-order chi connectivity index (χ1) is 14.0. The smallest absolute Gasteiger partial charge is 0.267 e. The molecule has 3 N–H and O–H groups in total. The lowest BCUT2D eigenvalue weighted by Gasteiger charge is -2.32. The van der Waals surface area contributed by atoms with E-state index in [1.165, 1.54) is 11.1 Å². The van der Waals surface area contributed by atoms with E-state index in [0.717, 1.165) is 56.2 Å². The molecule has 1 amide bonds. The van der Waals surface area contributed by atoms with Gasteiger partial charge in [0.25, 0.3) is 5.91 Å². The third-order valence-electron chi connectivity index (χ3n) is 6.05. The summed E-state index contributed by atoms with van der Waals surface area (Å²) in [5.74, 6) is 0.496. The second-order valence-electron chi connectivity index (χ2n) is 8.05. The van der Waals surface area contributed by atoms with Crippen molar-refractivity contribution in [2.45, 2.75) is 25.7 Å². The standard InChI is InChI=1S/C23H28N4O2/c1-26-22(23(24)29)21-18(3-2-4-20(21)25-26)15-17-10-13-27(14-11-17)12-9-16-5-7-19(28)8-6-16/h2-8,17,28H,9-15H2,1H3,(H2,24,29). The summed E-state index contributed by atoms with van der Waals surface area (Å²) in [6.45, 7) is 3.23. The van der Waals surface area contributed by atoms with Gasteiger partial charge in [-0.25, -0.2) is 0 Å². The number of nitrogens with two attached hydrogens (primary N) is 1. The Hall–Kier alpha value is -2.86. The molecule has 0 atom stereocenters. The fourth-order valence-electron chi connectivity index (χ4n) is 4.44. The summed E-state index contributed by atoms with van der Waals surface area (Å²) in [7, 11) is 1.77. The Kier molecular flexibility index (Phi) is 5.53. The molecule has 0 bridgehead atoms. The van der Waals surface area contributed by atoms with Crippen LogP contribution in [0.4, 0.5) is 0 Å². The highest BCUT2D eigenvalue weighted by atomic mass is 16.3. The minimum Gasteiger partial charge on any atom is -0.508 e. The lowest BCUT2D eigenvalue weighted by Crippen LogP contribution is -2.35. The second-order valence-corrected chi connectivity index (χ2v) is 8.05. The number of aryl methyl sites for hydroxylation is 1. The number of carbonyl (C=O) groups is 1. The largest absolute Gasteiger partial charge is 0.508 e. The molecule has 4 rings (SSSR count). The minimum atomic E-state index is -0.425. The van der Waals surface area contributed by atoms with Gasteiger partial charge in [-0.2, -0.15) is 5.10 Å². The van der Waals surface area contributed by atoms with Crippen molar-refractivity contribution in [2.24, 2.45) is 18.7 Å². The summed E-state index contributed by atoms with van der Waals surface area (Å²) in [6, 6.07) is 13.6. The Bertz CT molecular complexity index is 1000. The Balaban J connectivity index is 1.37. The van der Waals surface area contributed by atoms with E-state index < -0.39 is 5.91 Å². The van der Waals surface area contributed by atoms with Gasteiger partial charge in [0.2, 0.25) is 0 Å². The number of nitrogens with zero attached hydrogens (tertiary/aromatic N) is 3. The number of phenols is 1. The molecule has 0 unspecified atom stereocenters. The van der Waals surface area contributed by atoms with Crippen molar-refractivity contribution in [1.82, 2.24) is 14.7 Å². The van der Waals surface area contributed by atoms with Gasteiger partial charge in [-0.05, 0) is 74.0 Å². The summed E-state index contributed by atoms with van der Waals surface area (Å²) in [6.07, 6.45) is 4.26. The van der Waals surface area contributed by atoms with Crippen molar-refractivity contribution in [3.63, 3.8) is 0 Å². The number of primary amides is 1. The number of hydrogen-bond donors (Lipinski definition) is 2. The number of piperidine rings is 1. The van der Waals surface area contributed by atoms with Crippen LogP contribution >= 0.6 is 0 Å². The van der Waals surface area contributed by atoms with E-state index in [0.29, 0.717) is 17.4 Å². The third-order valence-corrected chi connectivity index (χ3v) is 6.05. The molecule has 2 heterocycles. The van der Waals surface area contributed by atoms with Crippen molar-refractivity contribution in [3.05, 3.63) is 59.3 Å². The summed E-state index contributed by atoms with van der Waals surface area (Å²) in [4.78, 5) is 14.4. The number of aromatic nitrogens is 2. The topological polar surface area (TPSA) is 84.4 Å². The van der Waals surface area contributed by atoms with Gasteiger partial charge in [-0.1, -0.05) is 24.3 Å². The maximum Gasteiger partial charge on any atom is 0.267 e. The van der Waals surface area contributed by atoms with Crippen LogP contribution < -0.4 is 5.73 Å². The summed E-state index contributed by atoms with van der Waals surface area (Å²) in [5.41, 5.74) is 9.38. The zero-order valence-electron chi connectivity index (χ0n) is 16.8. The van der Waals surface area contributed by atoms with Crippen LogP contribution in [0.1, 0.15) is 34.5 Å². The highest BCUT2D eigenvalue weighted by molar-refractivity contribution is 6.05. The number of hydrogen-bond acceptors (Lipinski definition) is 4. The van der Waals surface area contributed by atoms with Gasteiger partial charge in [0, 0.05) is 19.0 Å².